The molecule has 1 unspecified atom stereocenters. The summed E-state index contributed by atoms with van der Waals surface area (Å²) in [4.78, 5) is 30.2. The number of aromatic nitrogens is 3. The highest BCUT2D eigenvalue weighted by molar-refractivity contribution is 6.05. The summed E-state index contributed by atoms with van der Waals surface area (Å²) in [6, 6.07) is -0.378. The van der Waals surface area contributed by atoms with E-state index >= 15 is 0 Å². The van der Waals surface area contributed by atoms with Gasteiger partial charge in [0.1, 0.15) is 6.04 Å². The fourth-order valence-corrected chi connectivity index (χ4v) is 3.29. The molecule has 1 aliphatic rings. The van der Waals surface area contributed by atoms with Crippen LogP contribution in [0.5, 0.6) is 0 Å². The second kappa shape index (κ2) is 7.31. The Morgan fingerprint density at radius 3 is 2.67 bits per heavy atom. The molecule has 0 radical (unpaired) electrons. The molecule has 3 heterocycles. The molecule has 2 aromatic heterocycles. The topological polar surface area (TPSA) is 95.0 Å². The Morgan fingerprint density at radius 1 is 1.37 bits per heavy atom. The predicted molar refractivity (Wildman–Crippen MR) is 92.7 cm³/mol. The molecule has 11 heteroatoms. The number of H-pyrrole nitrogens is 1. The average molecular weight is 386 g/mol. The van der Waals surface area contributed by atoms with Crippen molar-refractivity contribution >= 4 is 16.9 Å². The first-order valence-electron chi connectivity index (χ1n) is 8.54. The maximum absolute atomic E-state index is 13.5. The molecule has 0 saturated carbocycles. The molecule has 1 atom stereocenters. The van der Waals surface area contributed by atoms with E-state index in [1.807, 2.05) is 0 Å². The molecule has 8 nitrogen and oxygen atoms in total. The van der Waals surface area contributed by atoms with E-state index in [9.17, 15) is 22.8 Å². The van der Waals surface area contributed by atoms with Crippen LogP contribution in [0.15, 0.2) is 10.9 Å². The summed E-state index contributed by atoms with van der Waals surface area (Å²) >= 11 is 0. The first-order chi connectivity index (χ1) is 12.7. The first-order valence-corrected chi connectivity index (χ1v) is 8.54. The van der Waals surface area contributed by atoms with Crippen molar-refractivity contribution in [1.82, 2.24) is 30.3 Å². The molecule has 3 N–H and O–H groups in total. The van der Waals surface area contributed by atoms with Gasteiger partial charge in [0.15, 0.2) is 5.65 Å². The Bertz CT molecular complexity index is 898. The third-order valence-corrected chi connectivity index (χ3v) is 4.61. The predicted octanol–water partition coefficient (Wildman–Crippen LogP) is 0.136. The van der Waals surface area contributed by atoms with Crippen molar-refractivity contribution in [3.8, 4) is 0 Å². The molecule has 0 aromatic carbocycles. The normalized spacial score (nSPS) is 17.2. The van der Waals surface area contributed by atoms with Gasteiger partial charge in [-0.1, -0.05) is 0 Å². The molecule has 1 saturated heterocycles. The van der Waals surface area contributed by atoms with Gasteiger partial charge in [-0.3, -0.25) is 24.3 Å². The van der Waals surface area contributed by atoms with Crippen LogP contribution in [-0.2, 0) is 7.05 Å². The van der Waals surface area contributed by atoms with E-state index in [1.54, 1.807) is 14.0 Å². The molecule has 0 aliphatic carbocycles. The summed E-state index contributed by atoms with van der Waals surface area (Å²) in [6.07, 6.45) is -4.47. The number of hydrogen-bond donors (Lipinski definition) is 3. The zero-order valence-electron chi connectivity index (χ0n) is 15.0. The van der Waals surface area contributed by atoms with Crippen LogP contribution in [0.2, 0.25) is 0 Å². The number of hydrogen-bond acceptors (Lipinski definition) is 5. The molecule has 3 rings (SSSR count). The van der Waals surface area contributed by atoms with Crippen molar-refractivity contribution in [1.29, 1.82) is 0 Å². The maximum atomic E-state index is 13.5. The van der Waals surface area contributed by atoms with Gasteiger partial charge in [0.25, 0.3) is 11.5 Å². The van der Waals surface area contributed by atoms with Gasteiger partial charge >= 0.3 is 6.18 Å². The summed E-state index contributed by atoms with van der Waals surface area (Å²) in [6.45, 7) is 2.48. The van der Waals surface area contributed by atoms with E-state index in [4.69, 9.17) is 0 Å². The number of aryl methyl sites for hydroxylation is 2. The molecule has 0 bridgehead atoms. The Kier molecular flexibility index (Phi) is 5.24. The second-order valence-electron chi connectivity index (χ2n) is 6.56. The largest absolute Gasteiger partial charge is 0.405 e. The van der Waals surface area contributed by atoms with Crippen LogP contribution in [0.1, 0.15) is 16.1 Å². The van der Waals surface area contributed by atoms with Crippen LogP contribution in [0.4, 0.5) is 13.2 Å². The third kappa shape index (κ3) is 3.98. The summed E-state index contributed by atoms with van der Waals surface area (Å²) in [5, 5.41) is 7.91. The lowest BCUT2D eigenvalue weighted by molar-refractivity contribution is -0.183. The number of carbonyl (C=O) groups excluding carboxylic acids is 1. The molecular weight excluding hydrogens is 365 g/mol. The number of alkyl halides is 3. The highest BCUT2D eigenvalue weighted by Gasteiger charge is 2.43. The van der Waals surface area contributed by atoms with Crippen molar-refractivity contribution in [2.75, 3.05) is 32.7 Å². The molecule has 1 aliphatic heterocycles. The van der Waals surface area contributed by atoms with E-state index in [0.717, 1.165) is 0 Å². The van der Waals surface area contributed by atoms with Gasteiger partial charge in [0.2, 0.25) is 0 Å². The second-order valence-corrected chi connectivity index (χ2v) is 6.56. The van der Waals surface area contributed by atoms with Crippen LogP contribution in [-0.4, -0.2) is 70.5 Å². The molecule has 1 fully saturated rings. The summed E-state index contributed by atoms with van der Waals surface area (Å²) < 4.78 is 41.8. The van der Waals surface area contributed by atoms with Gasteiger partial charge in [0, 0.05) is 45.5 Å². The third-order valence-electron chi connectivity index (χ3n) is 4.61. The zero-order valence-corrected chi connectivity index (χ0v) is 15.0. The highest BCUT2D eigenvalue weighted by Crippen LogP contribution is 2.25. The Labute approximate surface area is 152 Å². The van der Waals surface area contributed by atoms with Gasteiger partial charge in [0.05, 0.1) is 10.9 Å². The van der Waals surface area contributed by atoms with E-state index in [0.29, 0.717) is 18.8 Å². The Morgan fingerprint density at radius 2 is 2.04 bits per heavy atom. The fraction of sp³-hybridized carbons (Fsp3) is 0.562. The lowest BCUT2D eigenvalue weighted by Crippen LogP contribution is -2.57. The number of halogens is 3. The van der Waals surface area contributed by atoms with Crippen LogP contribution in [0.25, 0.3) is 11.0 Å². The maximum Gasteiger partial charge on any atom is 0.405 e. The number of pyridine rings is 1. The smallest absolute Gasteiger partial charge is 0.350 e. The zero-order chi connectivity index (χ0) is 19.8. The lowest BCUT2D eigenvalue weighted by atomic mass is 10.1. The standard InChI is InChI=1S/C16H21F3N6O2/c1-9-7-10(12-13(22-9)24(2)23-15(12)27)14(26)21-8-11(16(17,18)19)25-5-3-20-4-6-25/h7,11,20H,3-6,8H2,1-2H3,(H,21,26)(H,23,27). The Hall–Kier alpha value is -2.40. The average Bonchev–Trinajstić information content (AvgIpc) is 2.88. The monoisotopic (exact) mass is 386 g/mol. The van der Waals surface area contributed by atoms with E-state index in [1.165, 1.54) is 15.6 Å². The quantitative estimate of drug-likeness (QED) is 0.695. The Balaban J connectivity index is 1.84. The van der Waals surface area contributed by atoms with Crippen LogP contribution in [0.3, 0.4) is 0 Å². The number of nitrogens with zero attached hydrogens (tertiary/aromatic N) is 3. The SMILES string of the molecule is Cc1cc(C(=O)NCC(N2CCNCC2)C(F)(F)F)c2c(=O)[nH]n(C)c2n1. The van der Waals surface area contributed by atoms with Crippen LogP contribution in [0, 0.1) is 6.92 Å². The van der Waals surface area contributed by atoms with Crippen molar-refractivity contribution in [3.05, 3.63) is 27.7 Å². The van der Waals surface area contributed by atoms with Crippen molar-refractivity contribution in [2.24, 2.45) is 7.05 Å². The number of aromatic amines is 1. The van der Waals surface area contributed by atoms with Gasteiger partial charge < -0.3 is 10.6 Å². The van der Waals surface area contributed by atoms with Crippen LogP contribution >= 0.6 is 0 Å². The van der Waals surface area contributed by atoms with Gasteiger partial charge in [-0.05, 0) is 13.0 Å². The van der Waals surface area contributed by atoms with E-state index in [-0.39, 0.29) is 29.7 Å². The number of nitrogens with one attached hydrogen (secondary N) is 3. The number of piperazine rings is 1. The van der Waals surface area contributed by atoms with Crippen LogP contribution < -0.4 is 16.2 Å². The summed E-state index contributed by atoms with van der Waals surface area (Å²) in [5.41, 5.74) is 0.261. The molecule has 148 valence electrons. The highest BCUT2D eigenvalue weighted by atomic mass is 19.4. The van der Waals surface area contributed by atoms with E-state index < -0.39 is 30.2 Å². The minimum Gasteiger partial charge on any atom is -0.350 e. The van der Waals surface area contributed by atoms with Crippen molar-refractivity contribution < 1.29 is 18.0 Å². The molecule has 2 aromatic rings. The van der Waals surface area contributed by atoms with Gasteiger partial charge in [-0.2, -0.15) is 13.2 Å². The molecular formula is C16H21F3N6O2. The number of rotatable bonds is 4. The van der Waals surface area contributed by atoms with Gasteiger partial charge in [-0.25, -0.2) is 4.98 Å². The molecule has 1 amide bonds. The van der Waals surface area contributed by atoms with Crippen molar-refractivity contribution in [2.45, 2.75) is 19.1 Å². The van der Waals surface area contributed by atoms with E-state index in [2.05, 4.69) is 20.7 Å². The number of carbonyl (C=O) groups is 1. The molecule has 0 spiro atoms. The summed E-state index contributed by atoms with van der Waals surface area (Å²) in [7, 11) is 1.57. The summed E-state index contributed by atoms with van der Waals surface area (Å²) in [5.74, 6) is -0.730. The minimum atomic E-state index is -4.47. The number of amides is 1. The lowest BCUT2D eigenvalue weighted by Gasteiger charge is -2.35. The molecule has 27 heavy (non-hydrogen) atoms. The fourth-order valence-electron chi connectivity index (χ4n) is 3.29. The van der Waals surface area contributed by atoms with Crippen molar-refractivity contribution in [3.63, 3.8) is 0 Å². The number of fused-ring (bicyclic) bond motifs is 1. The van der Waals surface area contributed by atoms with Gasteiger partial charge in [-0.15, -0.1) is 0 Å². The minimum absolute atomic E-state index is 0.0144. The first kappa shape index (κ1) is 19.4.